The first kappa shape index (κ1) is 18.6. The molecule has 0 aromatic rings. The van der Waals surface area contributed by atoms with Crippen molar-refractivity contribution in [3.8, 4) is 0 Å². The second-order valence-electron chi connectivity index (χ2n) is 5.65. The Balaban J connectivity index is 2.26. The zero-order valence-electron chi connectivity index (χ0n) is 11.4. The van der Waals surface area contributed by atoms with Crippen molar-refractivity contribution in [1.82, 2.24) is 5.32 Å². The minimum Gasteiger partial charge on any atom is -0.691 e. The molecule has 5 nitrogen and oxygen atoms in total. The van der Waals surface area contributed by atoms with Crippen LogP contribution in [0.15, 0.2) is 0 Å². The summed E-state index contributed by atoms with van der Waals surface area (Å²) >= 11 is -1.40. The van der Waals surface area contributed by atoms with Gasteiger partial charge >= 0.3 is 17.1 Å². The van der Waals surface area contributed by atoms with Crippen molar-refractivity contribution < 1.29 is 45.8 Å². The zero-order valence-corrected chi connectivity index (χ0v) is 12.2. The first-order valence-electron chi connectivity index (χ1n) is 6.61. The van der Waals surface area contributed by atoms with E-state index in [4.69, 9.17) is 0 Å². The first-order chi connectivity index (χ1) is 10.5. The average Bonchev–Trinajstić information content (AvgIpc) is 2.98. The highest BCUT2D eigenvalue weighted by molar-refractivity contribution is 7.97. The molecule has 2 aliphatic rings. The molecule has 134 valence electrons. The molecule has 2 bridgehead atoms. The van der Waals surface area contributed by atoms with Gasteiger partial charge in [0, 0.05) is 6.04 Å². The first-order valence-corrected chi connectivity index (χ1v) is 7.36. The third-order valence-electron chi connectivity index (χ3n) is 4.36. The lowest BCUT2D eigenvalue weighted by atomic mass is 9.94. The van der Waals surface area contributed by atoms with Gasteiger partial charge in [-0.15, -0.1) is 0 Å². The number of carbonyl (C=O) groups is 1. The molecule has 2 rings (SSSR count). The van der Waals surface area contributed by atoms with Gasteiger partial charge in [-0.3, -0.25) is 9.83 Å². The van der Waals surface area contributed by atoms with Crippen LogP contribution in [0.25, 0.3) is 0 Å². The van der Waals surface area contributed by atoms with E-state index < -0.39 is 41.1 Å². The Morgan fingerprint density at radius 1 is 1.09 bits per heavy atom. The van der Waals surface area contributed by atoms with E-state index in [2.05, 4.69) is 9.37 Å². The number of carbonyl (C=O) groups excluding carboxylic acids is 1. The molecular weight excluding hydrogens is 356 g/mol. The third kappa shape index (κ3) is 3.26. The molecule has 0 aliphatic heterocycles. The standard InChI is InChI=1S/C11H13F6NO4S/c12-10(13,14)9(11(15,16)17,23-22-21-20)8(19)18-7-4-5-1-2-6(7)3-5/h5-7,20H,1-4H2,(H,18,19)/p-1. The van der Waals surface area contributed by atoms with Crippen molar-refractivity contribution in [2.75, 3.05) is 0 Å². The molecule has 1 amide bonds. The molecule has 12 heteroatoms. The van der Waals surface area contributed by atoms with Crippen molar-refractivity contribution >= 4 is 17.9 Å². The number of alkyl halides is 6. The zero-order chi connectivity index (χ0) is 17.5. The highest BCUT2D eigenvalue weighted by Gasteiger charge is 2.78. The Bertz CT molecular complexity index is 443. The quantitative estimate of drug-likeness (QED) is 0.348. The largest absolute Gasteiger partial charge is 0.691 e. The number of nitrogens with one attached hydrogen (secondary N) is 1. The molecule has 2 fully saturated rings. The fourth-order valence-electron chi connectivity index (χ4n) is 3.31. The van der Waals surface area contributed by atoms with E-state index in [1.165, 1.54) is 0 Å². The van der Waals surface area contributed by atoms with Crippen LogP contribution in [0.2, 0.25) is 0 Å². The summed E-state index contributed by atoms with van der Waals surface area (Å²) < 4.78 is 76.7. The molecule has 0 radical (unpaired) electrons. The van der Waals surface area contributed by atoms with E-state index in [1.807, 2.05) is 5.32 Å². The normalized spacial score (nSPS) is 28.2. The van der Waals surface area contributed by atoms with Gasteiger partial charge in [0.05, 0.1) is 12.0 Å². The van der Waals surface area contributed by atoms with Crippen LogP contribution < -0.4 is 10.6 Å². The fraction of sp³-hybridized carbons (Fsp3) is 0.909. The van der Waals surface area contributed by atoms with Gasteiger partial charge in [-0.05, 0) is 31.1 Å². The molecule has 1 N–H and O–H groups in total. The SMILES string of the molecule is O=C(NC1CC2CCC1C2)C(SOO[O-])(C(F)(F)F)C(F)(F)F. The molecule has 23 heavy (non-hydrogen) atoms. The molecule has 2 aliphatic carbocycles. The van der Waals surface area contributed by atoms with Gasteiger partial charge in [-0.1, -0.05) is 6.42 Å². The summed E-state index contributed by atoms with van der Waals surface area (Å²) in [4.78, 5) is 11.9. The van der Waals surface area contributed by atoms with Crippen LogP contribution in [-0.4, -0.2) is 29.0 Å². The van der Waals surface area contributed by atoms with Crippen LogP contribution in [0.5, 0.6) is 0 Å². The van der Waals surface area contributed by atoms with Gasteiger partial charge in [-0.25, -0.2) is 0 Å². The highest BCUT2D eigenvalue weighted by Crippen LogP contribution is 2.53. The number of fused-ring (bicyclic) bond motifs is 2. The van der Waals surface area contributed by atoms with Gasteiger partial charge in [0.15, 0.2) is 0 Å². The van der Waals surface area contributed by atoms with E-state index in [-0.39, 0.29) is 11.8 Å². The predicted octanol–water partition coefficient (Wildman–Crippen LogP) is 2.03. The number of hydrogen-bond acceptors (Lipinski definition) is 5. The van der Waals surface area contributed by atoms with Crippen LogP contribution in [-0.2, 0) is 14.2 Å². The Kier molecular flexibility index (Phi) is 5.10. The molecule has 0 spiro atoms. The number of amides is 1. The molecule has 3 unspecified atom stereocenters. The number of halogens is 6. The van der Waals surface area contributed by atoms with Crippen LogP contribution in [0.1, 0.15) is 25.7 Å². The molecule has 0 aromatic carbocycles. The Labute approximate surface area is 130 Å². The summed E-state index contributed by atoms with van der Waals surface area (Å²) in [6.45, 7) is 0. The molecule has 0 saturated heterocycles. The minimum atomic E-state index is -6.05. The van der Waals surface area contributed by atoms with Gasteiger partial charge in [0.25, 0.3) is 5.91 Å². The topological polar surface area (TPSA) is 70.6 Å². The Hall–Kier alpha value is -0.720. The molecule has 0 aromatic heterocycles. The van der Waals surface area contributed by atoms with Gasteiger partial charge in [0.2, 0.25) is 0 Å². The lowest BCUT2D eigenvalue weighted by Gasteiger charge is -2.35. The Morgan fingerprint density at radius 2 is 1.70 bits per heavy atom. The van der Waals surface area contributed by atoms with E-state index in [1.54, 1.807) is 0 Å². The summed E-state index contributed by atoms with van der Waals surface area (Å²) in [6.07, 6.45) is -9.59. The van der Waals surface area contributed by atoms with Crippen molar-refractivity contribution in [3.05, 3.63) is 0 Å². The molecule has 0 heterocycles. The van der Waals surface area contributed by atoms with Gasteiger partial charge in [0.1, 0.15) is 0 Å². The fourth-order valence-corrected chi connectivity index (χ4v) is 3.76. The summed E-state index contributed by atoms with van der Waals surface area (Å²) in [5, 5.41) is 14.1. The van der Waals surface area contributed by atoms with Crippen LogP contribution >= 0.6 is 12.0 Å². The summed E-state index contributed by atoms with van der Waals surface area (Å²) in [7, 11) is 0. The van der Waals surface area contributed by atoms with E-state index in [0.717, 1.165) is 6.42 Å². The Morgan fingerprint density at radius 3 is 2.09 bits per heavy atom. The minimum absolute atomic E-state index is 0.134. The maximum absolute atomic E-state index is 13.1. The monoisotopic (exact) mass is 368 g/mol. The van der Waals surface area contributed by atoms with Crippen LogP contribution in [0, 0.1) is 11.8 Å². The smallest absolute Gasteiger partial charge is 0.423 e. The lowest BCUT2D eigenvalue weighted by Crippen LogP contribution is -2.65. The van der Waals surface area contributed by atoms with Gasteiger partial charge in [-0.2, -0.15) is 30.7 Å². The van der Waals surface area contributed by atoms with Crippen molar-refractivity contribution in [2.24, 2.45) is 11.8 Å². The molecule has 2 saturated carbocycles. The number of rotatable bonds is 5. The van der Waals surface area contributed by atoms with Crippen molar-refractivity contribution in [1.29, 1.82) is 0 Å². The second kappa shape index (κ2) is 6.30. The van der Waals surface area contributed by atoms with E-state index >= 15 is 0 Å². The van der Waals surface area contributed by atoms with Crippen LogP contribution in [0.3, 0.4) is 0 Å². The van der Waals surface area contributed by atoms with Crippen molar-refractivity contribution in [2.45, 2.75) is 48.8 Å². The summed E-state index contributed by atoms with van der Waals surface area (Å²) in [6, 6.07) is -0.751. The second-order valence-corrected chi connectivity index (χ2v) is 6.57. The van der Waals surface area contributed by atoms with Gasteiger partial charge < -0.3 is 10.6 Å². The van der Waals surface area contributed by atoms with Crippen LogP contribution in [0.4, 0.5) is 26.3 Å². The molecular formula is C11H12F6NO4S-. The summed E-state index contributed by atoms with van der Waals surface area (Å²) in [5.74, 6) is -2.24. The summed E-state index contributed by atoms with van der Waals surface area (Å²) in [5.41, 5.74) is 0. The lowest BCUT2D eigenvalue weighted by molar-refractivity contribution is -0.777. The maximum Gasteiger partial charge on any atom is 0.423 e. The number of hydrogen-bond donors (Lipinski definition) is 1. The third-order valence-corrected chi connectivity index (χ3v) is 5.38. The van der Waals surface area contributed by atoms with E-state index in [9.17, 15) is 36.4 Å². The van der Waals surface area contributed by atoms with Crippen molar-refractivity contribution in [3.63, 3.8) is 0 Å². The molecule has 3 atom stereocenters. The predicted molar refractivity (Wildman–Crippen MR) is 62.0 cm³/mol. The highest BCUT2D eigenvalue weighted by atomic mass is 32.2. The van der Waals surface area contributed by atoms with E-state index in [0.29, 0.717) is 19.3 Å². The average molecular weight is 368 g/mol. The maximum atomic E-state index is 13.1.